The van der Waals surface area contributed by atoms with Crippen LogP contribution in [-0.4, -0.2) is 32.4 Å². The molecule has 2 aromatic rings. The molecule has 1 unspecified atom stereocenters. The number of benzene rings is 2. The van der Waals surface area contributed by atoms with E-state index in [-0.39, 0.29) is 10.8 Å². The summed E-state index contributed by atoms with van der Waals surface area (Å²) in [4.78, 5) is 12.9. The average molecular weight is 407 g/mol. The summed E-state index contributed by atoms with van der Waals surface area (Å²) in [6, 6.07) is 11.8. The minimum Gasteiger partial charge on any atom is -0.325 e. The molecule has 146 valence electrons. The second kappa shape index (κ2) is 9.39. The molecule has 7 heteroatoms. The Balaban J connectivity index is 2.23. The van der Waals surface area contributed by atoms with Gasteiger partial charge in [-0.25, -0.2) is 8.42 Å². The van der Waals surface area contributed by atoms with E-state index in [2.05, 4.69) is 10.0 Å². The van der Waals surface area contributed by atoms with Crippen molar-refractivity contribution in [3.63, 3.8) is 0 Å². The first-order valence-electron chi connectivity index (χ1n) is 8.69. The molecule has 2 N–H and O–H groups in total. The van der Waals surface area contributed by atoms with E-state index in [0.717, 1.165) is 11.1 Å². The maximum atomic E-state index is 12.9. The van der Waals surface area contributed by atoms with Crippen LogP contribution < -0.4 is 10.0 Å². The molecule has 1 amide bonds. The van der Waals surface area contributed by atoms with E-state index in [1.165, 1.54) is 0 Å². The smallest absolute Gasteiger partial charge is 0.242 e. The van der Waals surface area contributed by atoms with Crippen molar-refractivity contribution in [3.8, 4) is 0 Å². The molecule has 0 aromatic heterocycles. The molecule has 0 aliphatic carbocycles. The number of carbonyl (C=O) groups is 1. The Hall–Kier alpha value is -1.83. The number of aryl methyl sites for hydroxylation is 3. The summed E-state index contributed by atoms with van der Waals surface area (Å²) in [6.07, 6.45) is 2.33. The normalized spacial score (nSPS) is 12.6. The van der Waals surface area contributed by atoms with Crippen LogP contribution in [0.4, 0.5) is 5.69 Å². The second-order valence-electron chi connectivity index (χ2n) is 6.58. The van der Waals surface area contributed by atoms with Crippen molar-refractivity contribution in [1.82, 2.24) is 4.72 Å². The molecule has 5 nitrogen and oxygen atoms in total. The number of thioether (sulfide) groups is 1. The maximum Gasteiger partial charge on any atom is 0.242 e. The highest BCUT2D eigenvalue weighted by Crippen LogP contribution is 2.18. The molecule has 0 saturated carbocycles. The zero-order chi connectivity index (χ0) is 20.0. The summed E-state index contributed by atoms with van der Waals surface area (Å²) in [5.74, 6) is 0.309. The molecule has 0 aliphatic rings. The molecule has 1 atom stereocenters. The molecule has 0 spiro atoms. The van der Waals surface area contributed by atoms with Gasteiger partial charge >= 0.3 is 0 Å². The largest absolute Gasteiger partial charge is 0.325 e. The standard InChI is InChI=1S/C20H26N2O3S2/c1-14-6-9-17(10-7-14)21-20(23)18(11-12-26-4)22-27(24,25)19-13-15(2)5-8-16(19)3/h5-10,13,18,22H,11-12H2,1-4H3,(H,21,23). The third kappa shape index (κ3) is 6.09. The van der Waals surface area contributed by atoms with Crippen LogP contribution in [0.2, 0.25) is 0 Å². The van der Waals surface area contributed by atoms with Crippen LogP contribution in [0.25, 0.3) is 0 Å². The van der Waals surface area contributed by atoms with Crippen molar-refractivity contribution in [3.05, 3.63) is 59.2 Å². The van der Waals surface area contributed by atoms with Gasteiger partial charge in [0, 0.05) is 5.69 Å². The first-order chi connectivity index (χ1) is 12.7. The van der Waals surface area contributed by atoms with Gasteiger partial charge < -0.3 is 5.32 Å². The fourth-order valence-corrected chi connectivity index (χ4v) is 4.62. The van der Waals surface area contributed by atoms with Crippen LogP contribution >= 0.6 is 11.8 Å². The van der Waals surface area contributed by atoms with E-state index < -0.39 is 16.1 Å². The summed E-state index contributed by atoms with van der Waals surface area (Å²) < 4.78 is 28.4. The number of hydrogen-bond acceptors (Lipinski definition) is 4. The molecular weight excluding hydrogens is 380 g/mol. The van der Waals surface area contributed by atoms with Gasteiger partial charge in [-0.05, 0) is 68.5 Å². The molecule has 0 saturated heterocycles. The predicted molar refractivity (Wildman–Crippen MR) is 113 cm³/mol. The Labute approximate surface area is 166 Å². The minimum atomic E-state index is -3.81. The summed E-state index contributed by atoms with van der Waals surface area (Å²) in [5, 5.41) is 2.80. The number of anilines is 1. The first kappa shape index (κ1) is 21.5. The summed E-state index contributed by atoms with van der Waals surface area (Å²) in [7, 11) is -3.81. The van der Waals surface area contributed by atoms with E-state index in [1.807, 2.05) is 38.3 Å². The highest BCUT2D eigenvalue weighted by molar-refractivity contribution is 7.98. The van der Waals surface area contributed by atoms with Gasteiger partial charge in [0.2, 0.25) is 15.9 Å². The van der Waals surface area contributed by atoms with Gasteiger partial charge in [0.25, 0.3) is 0 Å². The number of amides is 1. The lowest BCUT2D eigenvalue weighted by Gasteiger charge is -2.19. The van der Waals surface area contributed by atoms with Crippen LogP contribution in [0.1, 0.15) is 23.1 Å². The SMILES string of the molecule is CSCCC(NS(=O)(=O)c1cc(C)ccc1C)C(=O)Nc1ccc(C)cc1. The molecule has 0 heterocycles. The lowest BCUT2D eigenvalue weighted by atomic mass is 10.2. The first-order valence-corrected chi connectivity index (χ1v) is 11.6. The van der Waals surface area contributed by atoms with E-state index in [4.69, 9.17) is 0 Å². The highest BCUT2D eigenvalue weighted by Gasteiger charge is 2.26. The van der Waals surface area contributed by atoms with Crippen molar-refractivity contribution in [1.29, 1.82) is 0 Å². The van der Waals surface area contributed by atoms with E-state index >= 15 is 0 Å². The van der Waals surface area contributed by atoms with Crippen molar-refractivity contribution < 1.29 is 13.2 Å². The zero-order valence-electron chi connectivity index (χ0n) is 16.1. The van der Waals surface area contributed by atoms with E-state index in [0.29, 0.717) is 23.4 Å². The summed E-state index contributed by atoms with van der Waals surface area (Å²) >= 11 is 1.57. The van der Waals surface area contributed by atoms with Crippen molar-refractivity contribution >= 4 is 33.4 Å². The fraction of sp³-hybridized carbons (Fsp3) is 0.350. The van der Waals surface area contributed by atoms with Gasteiger partial charge in [-0.2, -0.15) is 16.5 Å². The lowest BCUT2D eigenvalue weighted by molar-refractivity contribution is -0.117. The molecule has 0 bridgehead atoms. The molecular formula is C20H26N2O3S2. The van der Waals surface area contributed by atoms with Crippen LogP contribution in [-0.2, 0) is 14.8 Å². The van der Waals surface area contributed by atoms with E-state index in [9.17, 15) is 13.2 Å². The Bertz CT molecular complexity index is 894. The van der Waals surface area contributed by atoms with Gasteiger partial charge in [0.1, 0.15) is 6.04 Å². The molecule has 2 rings (SSSR count). The fourth-order valence-electron chi connectivity index (χ4n) is 2.59. The van der Waals surface area contributed by atoms with Crippen LogP contribution in [0.5, 0.6) is 0 Å². The van der Waals surface area contributed by atoms with Gasteiger partial charge in [0.15, 0.2) is 0 Å². The lowest BCUT2D eigenvalue weighted by Crippen LogP contribution is -2.44. The van der Waals surface area contributed by atoms with Crippen molar-refractivity contribution in [2.24, 2.45) is 0 Å². The third-order valence-corrected chi connectivity index (χ3v) is 6.43. The molecule has 0 aliphatic heterocycles. The number of hydrogen-bond donors (Lipinski definition) is 2. The number of rotatable bonds is 8. The summed E-state index contributed by atoms with van der Waals surface area (Å²) in [6.45, 7) is 5.55. The molecule has 0 fully saturated rings. The Morgan fingerprint density at radius 3 is 2.30 bits per heavy atom. The molecule has 27 heavy (non-hydrogen) atoms. The van der Waals surface area contributed by atoms with Gasteiger partial charge in [-0.1, -0.05) is 29.8 Å². The molecule has 2 aromatic carbocycles. The minimum absolute atomic E-state index is 0.208. The van der Waals surface area contributed by atoms with Crippen LogP contribution in [0.3, 0.4) is 0 Å². The highest BCUT2D eigenvalue weighted by atomic mass is 32.2. The zero-order valence-corrected chi connectivity index (χ0v) is 17.7. The number of nitrogens with one attached hydrogen (secondary N) is 2. The predicted octanol–water partition coefficient (Wildman–Crippen LogP) is 3.65. The van der Waals surface area contributed by atoms with Gasteiger partial charge in [-0.15, -0.1) is 0 Å². The van der Waals surface area contributed by atoms with Crippen molar-refractivity contribution in [2.45, 2.75) is 38.1 Å². The quantitative estimate of drug-likeness (QED) is 0.702. The second-order valence-corrected chi connectivity index (χ2v) is 9.25. The number of sulfonamides is 1. The Morgan fingerprint density at radius 2 is 1.67 bits per heavy atom. The van der Waals surface area contributed by atoms with Gasteiger partial charge in [0.05, 0.1) is 4.90 Å². The van der Waals surface area contributed by atoms with Gasteiger partial charge in [-0.3, -0.25) is 4.79 Å². The Morgan fingerprint density at radius 1 is 1.04 bits per heavy atom. The van der Waals surface area contributed by atoms with Crippen LogP contribution in [0, 0.1) is 20.8 Å². The maximum absolute atomic E-state index is 12.9. The average Bonchev–Trinajstić information content (AvgIpc) is 2.62. The van der Waals surface area contributed by atoms with Crippen molar-refractivity contribution in [2.75, 3.05) is 17.3 Å². The number of carbonyl (C=O) groups excluding carboxylic acids is 1. The monoisotopic (exact) mass is 406 g/mol. The summed E-state index contributed by atoms with van der Waals surface area (Å²) in [5.41, 5.74) is 3.23. The van der Waals surface area contributed by atoms with Crippen LogP contribution in [0.15, 0.2) is 47.4 Å². The molecule has 0 radical (unpaired) electrons. The third-order valence-electron chi connectivity index (χ3n) is 4.18. The topological polar surface area (TPSA) is 75.3 Å². The Kier molecular flexibility index (Phi) is 7.47. The van der Waals surface area contributed by atoms with E-state index in [1.54, 1.807) is 43.0 Å².